The molecule has 1 aromatic heterocycles. The molecule has 3 heterocycles. The van der Waals surface area contributed by atoms with E-state index in [2.05, 4.69) is 22.0 Å². The molecule has 29 heavy (non-hydrogen) atoms. The van der Waals surface area contributed by atoms with Crippen molar-refractivity contribution in [3.05, 3.63) is 65.5 Å². The van der Waals surface area contributed by atoms with E-state index >= 15 is 0 Å². The van der Waals surface area contributed by atoms with Crippen LogP contribution in [0.15, 0.2) is 48.5 Å². The van der Waals surface area contributed by atoms with Crippen LogP contribution in [0.25, 0.3) is 0 Å². The summed E-state index contributed by atoms with van der Waals surface area (Å²) >= 11 is 0. The van der Waals surface area contributed by atoms with Crippen LogP contribution in [0.4, 0.5) is 0 Å². The Labute approximate surface area is 172 Å². The van der Waals surface area contributed by atoms with Crippen molar-refractivity contribution in [1.82, 2.24) is 14.8 Å². The van der Waals surface area contributed by atoms with Crippen molar-refractivity contribution in [2.45, 2.75) is 31.4 Å². The Morgan fingerprint density at radius 2 is 1.76 bits per heavy atom. The smallest absolute Gasteiger partial charge is 0.272 e. The van der Waals surface area contributed by atoms with E-state index in [0.29, 0.717) is 44.8 Å². The highest BCUT2D eigenvalue weighted by molar-refractivity contribution is 5.92. The van der Waals surface area contributed by atoms with Crippen LogP contribution < -0.4 is 0 Å². The van der Waals surface area contributed by atoms with Crippen LogP contribution in [0, 0.1) is 0 Å². The number of aliphatic hydroxyl groups is 1. The molecule has 0 bridgehead atoms. The van der Waals surface area contributed by atoms with Crippen molar-refractivity contribution in [3.8, 4) is 0 Å². The van der Waals surface area contributed by atoms with Crippen molar-refractivity contribution in [1.29, 1.82) is 0 Å². The number of carbonyl (C=O) groups is 1. The van der Waals surface area contributed by atoms with Crippen molar-refractivity contribution < 1.29 is 14.6 Å². The van der Waals surface area contributed by atoms with Crippen LogP contribution in [-0.2, 0) is 11.2 Å². The first-order chi connectivity index (χ1) is 14.2. The van der Waals surface area contributed by atoms with Gasteiger partial charge in [-0.25, -0.2) is 4.98 Å². The minimum Gasteiger partial charge on any atom is -0.391 e. The van der Waals surface area contributed by atoms with Gasteiger partial charge in [0.25, 0.3) is 5.91 Å². The summed E-state index contributed by atoms with van der Waals surface area (Å²) in [5, 5.41) is 10.6. The summed E-state index contributed by atoms with van der Waals surface area (Å²) in [7, 11) is 0. The molecule has 2 atom stereocenters. The lowest BCUT2D eigenvalue weighted by molar-refractivity contribution is -0.0222. The maximum absolute atomic E-state index is 13.1. The lowest BCUT2D eigenvalue weighted by atomic mass is 10.0. The molecule has 1 amide bonds. The van der Waals surface area contributed by atoms with E-state index in [9.17, 15) is 9.90 Å². The van der Waals surface area contributed by atoms with Crippen LogP contribution in [0.5, 0.6) is 0 Å². The molecule has 2 aromatic rings. The third-order valence-corrected chi connectivity index (χ3v) is 5.89. The Balaban J connectivity index is 1.42. The molecule has 1 N–H and O–H groups in total. The Morgan fingerprint density at radius 3 is 2.55 bits per heavy atom. The number of likely N-dealkylation sites (tertiary alicyclic amines) is 1. The fourth-order valence-electron chi connectivity index (χ4n) is 4.28. The number of amides is 1. The molecular formula is C23H29N3O3. The Hall–Kier alpha value is -2.28. The largest absolute Gasteiger partial charge is 0.391 e. The van der Waals surface area contributed by atoms with Gasteiger partial charge in [-0.3, -0.25) is 9.69 Å². The summed E-state index contributed by atoms with van der Waals surface area (Å²) < 4.78 is 5.43. The van der Waals surface area contributed by atoms with Gasteiger partial charge in [-0.2, -0.15) is 0 Å². The quantitative estimate of drug-likeness (QED) is 0.858. The minimum absolute atomic E-state index is 0.0465. The summed E-state index contributed by atoms with van der Waals surface area (Å²) in [4.78, 5) is 21.9. The van der Waals surface area contributed by atoms with Gasteiger partial charge in [0.05, 0.1) is 19.3 Å². The zero-order chi connectivity index (χ0) is 20.1. The number of pyridine rings is 1. The topological polar surface area (TPSA) is 65.9 Å². The second-order valence-electron chi connectivity index (χ2n) is 7.83. The van der Waals surface area contributed by atoms with Gasteiger partial charge in [0.1, 0.15) is 5.69 Å². The first-order valence-electron chi connectivity index (χ1n) is 10.5. The van der Waals surface area contributed by atoms with Crippen molar-refractivity contribution in [2.24, 2.45) is 0 Å². The summed E-state index contributed by atoms with van der Waals surface area (Å²) in [5.41, 5.74) is 2.55. The zero-order valence-electron chi connectivity index (χ0n) is 16.7. The number of aromatic nitrogens is 1. The number of benzene rings is 1. The van der Waals surface area contributed by atoms with E-state index in [4.69, 9.17) is 4.74 Å². The molecule has 154 valence electrons. The zero-order valence-corrected chi connectivity index (χ0v) is 16.7. The molecule has 4 rings (SSSR count). The highest BCUT2D eigenvalue weighted by Gasteiger charge is 2.32. The number of morpholine rings is 1. The summed E-state index contributed by atoms with van der Waals surface area (Å²) in [6.45, 7) is 4.32. The number of carbonyl (C=O) groups excluding carboxylic acids is 1. The number of hydrogen-bond donors (Lipinski definition) is 1. The molecule has 0 spiro atoms. The van der Waals surface area contributed by atoms with Gasteiger partial charge in [0.15, 0.2) is 0 Å². The Morgan fingerprint density at radius 1 is 1.00 bits per heavy atom. The van der Waals surface area contributed by atoms with Crippen molar-refractivity contribution in [3.63, 3.8) is 0 Å². The predicted molar refractivity (Wildman–Crippen MR) is 111 cm³/mol. The highest BCUT2D eigenvalue weighted by Crippen LogP contribution is 2.20. The maximum atomic E-state index is 13.1. The second kappa shape index (κ2) is 9.48. The number of rotatable bonds is 4. The molecule has 6 heteroatoms. The summed E-state index contributed by atoms with van der Waals surface area (Å²) in [6.07, 6.45) is 1.66. The first kappa shape index (κ1) is 20.0. The Kier molecular flexibility index (Phi) is 6.54. The SMILES string of the molecule is O=C(c1cccc(Cc2ccccc2)n1)N1CC[C@H](O)[C@@H](N2CCOCC2)CC1. The van der Waals surface area contributed by atoms with E-state index in [0.717, 1.165) is 25.2 Å². The fraction of sp³-hybridized carbons (Fsp3) is 0.478. The molecule has 6 nitrogen and oxygen atoms in total. The average molecular weight is 396 g/mol. The van der Waals surface area contributed by atoms with Gasteiger partial charge >= 0.3 is 0 Å². The third-order valence-electron chi connectivity index (χ3n) is 5.89. The predicted octanol–water partition coefficient (Wildman–Crippen LogP) is 1.97. The third kappa shape index (κ3) is 5.01. The van der Waals surface area contributed by atoms with E-state index < -0.39 is 6.10 Å². The Bertz CT molecular complexity index is 808. The van der Waals surface area contributed by atoms with Crippen molar-refractivity contribution in [2.75, 3.05) is 39.4 Å². The average Bonchev–Trinajstić information content (AvgIpc) is 2.96. The number of aliphatic hydroxyl groups excluding tert-OH is 1. The molecular weight excluding hydrogens is 366 g/mol. The summed E-state index contributed by atoms with van der Waals surface area (Å²) in [6, 6.07) is 15.9. The fourth-order valence-corrected chi connectivity index (χ4v) is 4.28. The van der Waals surface area contributed by atoms with Gasteiger partial charge in [-0.15, -0.1) is 0 Å². The van der Waals surface area contributed by atoms with Gasteiger partial charge in [0, 0.05) is 44.3 Å². The second-order valence-corrected chi connectivity index (χ2v) is 7.83. The van der Waals surface area contributed by atoms with E-state index in [1.807, 2.05) is 35.2 Å². The lowest BCUT2D eigenvalue weighted by Gasteiger charge is -2.36. The molecule has 0 unspecified atom stereocenters. The standard InChI is InChI=1S/C23H29N3O3/c27-22-10-12-26(11-9-21(22)25-13-15-29-16-14-25)23(28)20-8-4-7-19(24-20)17-18-5-2-1-3-6-18/h1-8,21-22,27H,9-17H2/t21-,22-/m0/s1. The van der Waals surface area contributed by atoms with Gasteiger partial charge in [-0.05, 0) is 30.5 Å². The van der Waals surface area contributed by atoms with Crippen LogP contribution >= 0.6 is 0 Å². The van der Waals surface area contributed by atoms with Gasteiger partial charge in [-0.1, -0.05) is 36.4 Å². The minimum atomic E-state index is -0.414. The van der Waals surface area contributed by atoms with Gasteiger partial charge < -0.3 is 14.7 Å². The summed E-state index contributed by atoms with van der Waals surface area (Å²) in [5.74, 6) is -0.0465. The molecule has 2 saturated heterocycles. The first-order valence-corrected chi connectivity index (χ1v) is 10.5. The normalized spacial score (nSPS) is 23.6. The highest BCUT2D eigenvalue weighted by atomic mass is 16.5. The van der Waals surface area contributed by atoms with E-state index in [1.54, 1.807) is 6.07 Å². The van der Waals surface area contributed by atoms with Crippen LogP contribution in [0.2, 0.25) is 0 Å². The van der Waals surface area contributed by atoms with E-state index in [1.165, 1.54) is 5.56 Å². The van der Waals surface area contributed by atoms with Gasteiger partial charge in [0.2, 0.25) is 0 Å². The molecule has 0 radical (unpaired) electrons. The number of ether oxygens (including phenoxy) is 1. The molecule has 1 aromatic carbocycles. The van der Waals surface area contributed by atoms with E-state index in [-0.39, 0.29) is 11.9 Å². The molecule has 0 saturated carbocycles. The molecule has 2 aliphatic rings. The van der Waals surface area contributed by atoms with Crippen LogP contribution in [0.1, 0.15) is 34.6 Å². The number of nitrogens with zero attached hydrogens (tertiary/aromatic N) is 3. The maximum Gasteiger partial charge on any atom is 0.272 e. The van der Waals surface area contributed by atoms with Crippen LogP contribution in [-0.4, -0.2) is 77.3 Å². The van der Waals surface area contributed by atoms with Crippen molar-refractivity contribution >= 4 is 5.91 Å². The lowest BCUT2D eigenvalue weighted by Crippen LogP contribution is -2.49. The molecule has 2 fully saturated rings. The van der Waals surface area contributed by atoms with Crippen LogP contribution in [0.3, 0.4) is 0 Å². The molecule has 0 aliphatic carbocycles. The number of hydrogen-bond acceptors (Lipinski definition) is 5. The monoisotopic (exact) mass is 395 g/mol. The molecule has 2 aliphatic heterocycles.